The van der Waals surface area contributed by atoms with Crippen molar-refractivity contribution >= 4 is 11.6 Å². The average Bonchev–Trinajstić information content (AvgIpc) is 2.36. The molecule has 1 rings (SSSR count). The third kappa shape index (κ3) is 4.58. The van der Waals surface area contributed by atoms with Crippen molar-refractivity contribution in [1.29, 1.82) is 0 Å². The van der Waals surface area contributed by atoms with Crippen LogP contribution < -0.4 is 10.6 Å². The quantitative estimate of drug-likeness (QED) is 0.816. The average molecular weight is 289 g/mol. The Balaban J connectivity index is 3.03. The molecule has 0 aliphatic heterocycles. The van der Waals surface area contributed by atoms with Crippen molar-refractivity contribution in [3.63, 3.8) is 0 Å². The van der Waals surface area contributed by atoms with E-state index in [4.69, 9.17) is 0 Å². The van der Waals surface area contributed by atoms with Gasteiger partial charge in [-0.25, -0.2) is 4.98 Å². The topological polar surface area (TPSA) is 37.0 Å². The van der Waals surface area contributed by atoms with E-state index in [9.17, 15) is 13.2 Å². The summed E-state index contributed by atoms with van der Waals surface area (Å²) in [5, 5.41) is 5.88. The molecule has 0 spiro atoms. The molecule has 1 aromatic heterocycles. The van der Waals surface area contributed by atoms with Gasteiger partial charge in [0.1, 0.15) is 11.6 Å². The van der Waals surface area contributed by atoms with Gasteiger partial charge in [0, 0.05) is 12.6 Å². The standard InChI is InChI=1S/C14H22F3N3/c1-5-9(3)10(4)19-13-8-11(14(15,16)17)7-12(20-13)18-6-2/h7-10H,5-6H2,1-4H3,(H2,18,19,20). The Hall–Kier alpha value is -1.46. The Morgan fingerprint density at radius 2 is 1.75 bits per heavy atom. The van der Waals surface area contributed by atoms with Gasteiger partial charge in [0.25, 0.3) is 0 Å². The summed E-state index contributed by atoms with van der Waals surface area (Å²) in [6, 6.07) is 2.15. The number of aromatic nitrogens is 1. The molecule has 0 aliphatic carbocycles. The molecule has 20 heavy (non-hydrogen) atoms. The number of nitrogens with zero attached hydrogens (tertiary/aromatic N) is 1. The van der Waals surface area contributed by atoms with Crippen LogP contribution in [0.3, 0.4) is 0 Å². The highest BCUT2D eigenvalue weighted by Gasteiger charge is 2.31. The summed E-state index contributed by atoms with van der Waals surface area (Å²) in [5.41, 5.74) is -0.692. The van der Waals surface area contributed by atoms with Gasteiger partial charge in [-0.1, -0.05) is 20.3 Å². The van der Waals surface area contributed by atoms with E-state index in [0.29, 0.717) is 12.5 Å². The second kappa shape index (κ2) is 6.81. The Bertz CT molecular complexity index is 432. The highest BCUT2D eigenvalue weighted by atomic mass is 19.4. The zero-order valence-corrected chi connectivity index (χ0v) is 12.3. The maximum Gasteiger partial charge on any atom is 0.416 e. The van der Waals surface area contributed by atoms with Gasteiger partial charge in [-0.15, -0.1) is 0 Å². The first-order chi connectivity index (χ1) is 9.27. The minimum Gasteiger partial charge on any atom is -0.370 e. The van der Waals surface area contributed by atoms with Crippen LogP contribution in [0.25, 0.3) is 0 Å². The summed E-state index contributed by atoms with van der Waals surface area (Å²) >= 11 is 0. The lowest BCUT2D eigenvalue weighted by Gasteiger charge is -2.21. The minimum absolute atomic E-state index is 0.0606. The predicted octanol–water partition coefficient (Wildman–Crippen LogP) is 4.38. The van der Waals surface area contributed by atoms with Gasteiger partial charge >= 0.3 is 6.18 Å². The molecule has 1 aromatic rings. The number of nitrogens with one attached hydrogen (secondary N) is 2. The number of anilines is 2. The molecule has 0 aromatic carbocycles. The fourth-order valence-electron chi connectivity index (χ4n) is 1.77. The molecule has 3 nitrogen and oxygen atoms in total. The monoisotopic (exact) mass is 289 g/mol. The van der Waals surface area contributed by atoms with E-state index < -0.39 is 11.7 Å². The molecule has 0 bridgehead atoms. The van der Waals surface area contributed by atoms with Crippen LogP contribution in [0.1, 0.15) is 39.7 Å². The van der Waals surface area contributed by atoms with Crippen LogP contribution in [0.2, 0.25) is 0 Å². The number of hydrogen-bond donors (Lipinski definition) is 2. The zero-order valence-electron chi connectivity index (χ0n) is 12.3. The third-order valence-corrected chi connectivity index (χ3v) is 3.38. The largest absolute Gasteiger partial charge is 0.416 e. The molecule has 6 heteroatoms. The van der Waals surface area contributed by atoms with Gasteiger partial charge < -0.3 is 10.6 Å². The van der Waals surface area contributed by atoms with E-state index in [1.54, 1.807) is 0 Å². The normalized spacial score (nSPS) is 14.8. The number of halogens is 3. The summed E-state index contributed by atoms with van der Waals surface area (Å²) in [6.45, 7) is 8.39. The zero-order chi connectivity index (χ0) is 15.3. The van der Waals surface area contributed by atoms with Crippen LogP contribution in [0.5, 0.6) is 0 Å². The molecule has 2 N–H and O–H groups in total. The predicted molar refractivity (Wildman–Crippen MR) is 75.9 cm³/mol. The summed E-state index contributed by atoms with van der Waals surface area (Å²) in [4.78, 5) is 4.17. The van der Waals surface area contributed by atoms with Gasteiger partial charge in [0.2, 0.25) is 0 Å². The van der Waals surface area contributed by atoms with E-state index in [-0.39, 0.29) is 17.7 Å². The Morgan fingerprint density at radius 1 is 1.15 bits per heavy atom. The van der Waals surface area contributed by atoms with Crippen LogP contribution in [0, 0.1) is 5.92 Å². The number of hydrogen-bond acceptors (Lipinski definition) is 3. The van der Waals surface area contributed by atoms with Crippen molar-refractivity contribution < 1.29 is 13.2 Å². The van der Waals surface area contributed by atoms with E-state index in [1.807, 2.05) is 20.8 Å². The minimum atomic E-state index is -4.37. The Labute approximate surface area is 118 Å². The molecular formula is C14H22F3N3. The van der Waals surface area contributed by atoms with Crippen molar-refractivity contribution in [2.24, 2.45) is 5.92 Å². The number of pyridine rings is 1. The maximum atomic E-state index is 12.9. The van der Waals surface area contributed by atoms with E-state index >= 15 is 0 Å². The van der Waals surface area contributed by atoms with Crippen molar-refractivity contribution in [1.82, 2.24) is 4.98 Å². The van der Waals surface area contributed by atoms with Crippen molar-refractivity contribution in [2.45, 2.75) is 46.3 Å². The maximum absolute atomic E-state index is 12.9. The van der Waals surface area contributed by atoms with Crippen LogP contribution in [0.15, 0.2) is 12.1 Å². The van der Waals surface area contributed by atoms with Gasteiger partial charge in [-0.2, -0.15) is 13.2 Å². The molecule has 0 fully saturated rings. The van der Waals surface area contributed by atoms with Gasteiger partial charge in [-0.3, -0.25) is 0 Å². The molecule has 0 aliphatic rings. The highest BCUT2D eigenvalue weighted by Crippen LogP contribution is 2.32. The van der Waals surface area contributed by atoms with Crippen molar-refractivity contribution in [2.75, 3.05) is 17.2 Å². The molecule has 2 atom stereocenters. The highest BCUT2D eigenvalue weighted by molar-refractivity contribution is 5.50. The first-order valence-corrected chi connectivity index (χ1v) is 6.87. The summed E-state index contributed by atoms with van der Waals surface area (Å²) in [5.74, 6) is 0.846. The summed E-state index contributed by atoms with van der Waals surface area (Å²) < 4.78 is 38.6. The lowest BCUT2D eigenvalue weighted by molar-refractivity contribution is -0.137. The van der Waals surface area contributed by atoms with Gasteiger partial charge in [0.15, 0.2) is 0 Å². The molecular weight excluding hydrogens is 267 g/mol. The van der Waals surface area contributed by atoms with Gasteiger partial charge in [-0.05, 0) is 31.9 Å². The number of alkyl halides is 3. The molecule has 0 saturated heterocycles. The van der Waals surface area contributed by atoms with Crippen LogP contribution in [-0.4, -0.2) is 17.6 Å². The second-order valence-electron chi connectivity index (χ2n) is 4.97. The fraction of sp³-hybridized carbons (Fsp3) is 0.643. The van der Waals surface area contributed by atoms with E-state index in [1.165, 1.54) is 0 Å². The Morgan fingerprint density at radius 3 is 2.25 bits per heavy atom. The fourth-order valence-corrected chi connectivity index (χ4v) is 1.77. The Kier molecular flexibility index (Phi) is 5.65. The van der Waals surface area contributed by atoms with Crippen molar-refractivity contribution in [3.8, 4) is 0 Å². The van der Waals surface area contributed by atoms with Gasteiger partial charge in [0.05, 0.1) is 5.56 Å². The third-order valence-electron chi connectivity index (χ3n) is 3.38. The lowest BCUT2D eigenvalue weighted by atomic mass is 10.0. The molecule has 2 unspecified atom stereocenters. The molecule has 0 radical (unpaired) electrons. The molecule has 1 heterocycles. The number of rotatable bonds is 6. The van der Waals surface area contributed by atoms with E-state index in [0.717, 1.165) is 18.6 Å². The van der Waals surface area contributed by atoms with Crippen LogP contribution >= 0.6 is 0 Å². The molecule has 114 valence electrons. The first kappa shape index (κ1) is 16.6. The lowest BCUT2D eigenvalue weighted by Crippen LogP contribution is -2.24. The SMILES string of the molecule is CCNc1cc(C(F)(F)F)cc(NC(C)C(C)CC)n1. The van der Waals surface area contributed by atoms with Crippen molar-refractivity contribution in [3.05, 3.63) is 17.7 Å². The summed E-state index contributed by atoms with van der Waals surface area (Å²) in [6.07, 6.45) is -3.42. The van der Waals surface area contributed by atoms with E-state index in [2.05, 4.69) is 22.5 Å². The van der Waals surface area contributed by atoms with Crippen LogP contribution in [-0.2, 0) is 6.18 Å². The first-order valence-electron chi connectivity index (χ1n) is 6.87. The molecule has 0 amide bonds. The van der Waals surface area contributed by atoms with Crippen LogP contribution in [0.4, 0.5) is 24.8 Å². The smallest absolute Gasteiger partial charge is 0.370 e. The summed E-state index contributed by atoms with van der Waals surface area (Å²) in [7, 11) is 0. The molecule has 0 saturated carbocycles. The second-order valence-corrected chi connectivity index (χ2v) is 4.97.